The lowest BCUT2D eigenvalue weighted by Crippen LogP contribution is -2.28. The van der Waals surface area contributed by atoms with Crippen LogP contribution < -0.4 is 14.8 Å². The maximum absolute atomic E-state index is 14.3. The van der Waals surface area contributed by atoms with Gasteiger partial charge in [0.15, 0.2) is 11.5 Å². The first-order valence-electron chi connectivity index (χ1n) is 11.3. The Balaban J connectivity index is 0.000000473. The Hall–Kier alpha value is -2.33. The molecule has 190 valence electrons. The highest BCUT2D eigenvalue weighted by Crippen LogP contribution is 2.41. The van der Waals surface area contributed by atoms with Gasteiger partial charge in [0.1, 0.15) is 5.82 Å². The van der Waals surface area contributed by atoms with Gasteiger partial charge in [-0.3, -0.25) is 4.79 Å². The Kier molecular flexibility index (Phi) is 14.4. The monoisotopic (exact) mass is 539 g/mol. The van der Waals surface area contributed by atoms with Crippen LogP contribution in [0.1, 0.15) is 49.4 Å². The predicted octanol–water partition coefficient (Wildman–Crippen LogP) is 7.39. The van der Waals surface area contributed by atoms with E-state index in [1.165, 1.54) is 17.0 Å². The molecule has 35 heavy (non-hydrogen) atoms. The minimum Gasteiger partial charge on any atom is -0.447 e. The molecule has 0 aromatic heterocycles. The molecule has 0 radical (unpaired) electrons. The molecule has 2 aromatic rings. The van der Waals surface area contributed by atoms with Crippen LogP contribution in [0.2, 0.25) is 0 Å². The summed E-state index contributed by atoms with van der Waals surface area (Å²) in [7, 11) is 4.26. The highest BCUT2D eigenvalue weighted by Gasteiger charge is 2.29. The topological polar surface area (TPSA) is 38.8 Å². The molecular formula is C27H33Cl2FNO3P. The van der Waals surface area contributed by atoms with E-state index in [1.807, 2.05) is 45.0 Å². The van der Waals surface area contributed by atoms with Gasteiger partial charge in [0.2, 0.25) is 0 Å². The molecule has 1 aliphatic heterocycles. The van der Waals surface area contributed by atoms with Crippen molar-refractivity contribution in [1.29, 1.82) is 0 Å². The van der Waals surface area contributed by atoms with E-state index in [1.54, 1.807) is 31.4 Å². The van der Waals surface area contributed by atoms with E-state index in [2.05, 4.69) is 15.8 Å². The average Bonchev–Trinajstić information content (AvgIpc) is 3.28. The molecule has 0 bridgehead atoms. The van der Waals surface area contributed by atoms with Crippen molar-refractivity contribution in [3.05, 3.63) is 89.3 Å². The van der Waals surface area contributed by atoms with E-state index in [-0.39, 0.29) is 11.5 Å². The third kappa shape index (κ3) is 9.68. The maximum Gasteiger partial charge on any atom is 0.267 e. The van der Waals surface area contributed by atoms with E-state index < -0.39 is 12.1 Å². The fraction of sp³-hybridized carbons (Fsp3) is 0.296. The minimum absolute atomic E-state index is 0.00532. The number of rotatable bonds is 7. The molecule has 0 saturated heterocycles. The largest absolute Gasteiger partial charge is 0.447 e. The lowest BCUT2D eigenvalue weighted by molar-refractivity contribution is 0.0486. The summed E-state index contributed by atoms with van der Waals surface area (Å²) >= 11 is 10.9. The lowest BCUT2D eigenvalue weighted by atomic mass is 10.1. The van der Waals surface area contributed by atoms with Crippen LogP contribution in [0.3, 0.4) is 0 Å². The smallest absolute Gasteiger partial charge is 0.267 e. The number of fused-ring (bicyclic) bond motifs is 1. The number of benzene rings is 2. The van der Waals surface area contributed by atoms with Gasteiger partial charge < -0.3 is 14.4 Å². The van der Waals surface area contributed by atoms with Gasteiger partial charge in [-0.15, -0.1) is 20.8 Å². The SMILES string of the molecule is C=C/C(Cl)=C\C=C/CCl.CC.CCCN(C)C(=O)c1cc2c(cc1F)OC(c1ccc(P)cc1)O2. The first-order chi connectivity index (χ1) is 16.8. The van der Waals surface area contributed by atoms with Crippen LogP contribution in [0.25, 0.3) is 0 Å². The van der Waals surface area contributed by atoms with Crippen LogP contribution in [0.4, 0.5) is 4.39 Å². The van der Waals surface area contributed by atoms with Gasteiger partial charge in [0.05, 0.1) is 5.56 Å². The zero-order valence-electron chi connectivity index (χ0n) is 20.6. The molecule has 4 nitrogen and oxygen atoms in total. The van der Waals surface area contributed by atoms with E-state index in [0.29, 0.717) is 29.0 Å². The summed E-state index contributed by atoms with van der Waals surface area (Å²) in [4.78, 5) is 13.8. The second-order valence-corrected chi connectivity index (χ2v) is 8.49. The standard InChI is InChI=1S/C18H19FNO3P.C7H8Cl2.C2H6/c1-3-8-20(2)17(21)13-9-15-16(10-14(13)19)23-18(22-15)11-4-6-12(24)7-5-11;1-2-7(9)5-3-4-6-8;1-2/h4-7,9-10,18H,3,8,24H2,1-2H3;2-5H,1,6H2;1-2H3/b;4-3-,7-5+;. The molecule has 3 rings (SSSR count). The van der Waals surface area contributed by atoms with Gasteiger partial charge in [0, 0.05) is 36.1 Å². The van der Waals surface area contributed by atoms with Crippen molar-refractivity contribution >= 4 is 43.7 Å². The summed E-state index contributed by atoms with van der Waals surface area (Å²) in [5.74, 6) is 0.229. The van der Waals surface area contributed by atoms with Crippen LogP contribution in [-0.2, 0) is 0 Å². The molecule has 2 atom stereocenters. The van der Waals surface area contributed by atoms with Crippen LogP contribution in [0, 0.1) is 5.82 Å². The summed E-state index contributed by atoms with van der Waals surface area (Å²) in [6, 6.07) is 10.2. The zero-order chi connectivity index (χ0) is 26.4. The third-order valence-electron chi connectivity index (χ3n) is 4.52. The average molecular weight is 540 g/mol. The number of carbonyl (C=O) groups excluding carboxylic acids is 1. The van der Waals surface area contributed by atoms with Gasteiger partial charge in [0.25, 0.3) is 12.2 Å². The van der Waals surface area contributed by atoms with Crippen molar-refractivity contribution in [2.24, 2.45) is 0 Å². The number of hydrogen-bond acceptors (Lipinski definition) is 3. The minimum atomic E-state index is -0.635. The van der Waals surface area contributed by atoms with Crippen LogP contribution in [-0.4, -0.2) is 30.3 Å². The van der Waals surface area contributed by atoms with E-state index >= 15 is 0 Å². The Bertz CT molecular complexity index is 1030. The predicted molar refractivity (Wildman–Crippen MR) is 149 cm³/mol. The summed E-state index contributed by atoms with van der Waals surface area (Å²) < 4.78 is 25.7. The quantitative estimate of drug-likeness (QED) is 0.209. The fourth-order valence-corrected chi connectivity index (χ4v) is 3.22. The summed E-state index contributed by atoms with van der Waals surface area (Å²) in [6.07, 6.45) is 7.06. The van der Waals surface area contributed by atoms with Crippen LogP contribution in [0.15, 0.2) is 72.3 Å². The Morgan fingerprint density at radius 2 is 1.80 bits per heavy atom. The Morgan fingerprint density at radius 1 is 1.20 bits per heavy atom. The number of nitrogens with zero attached hydrogens (tertiary/aromatic N) is 1. The zero-order valence-corrected chi connectivity index (χ0v) is 23.2. The summed E-state index contributed by atoms with van der Waals surface area (Å²) in [5, 5.41) is 1.67. The van der Waals surface area contributed by atoms with Crippen LogP contribution >= 0.6 is 32.4 Å². The van der Waals surface area contributed by atoms with Gasteiger partial charge in [-0.1, -0.05) is 81.4 Å². The van der Waals surface area contributed by atoms with E-state index in [0.717, 1.165) is 17.3 Å². The van der Waals surface area contributed by atoms with Crippen molar-refractivity contribution in [2.45, 2.75) is 33.5 Å². The van der Waals surface area contributed by atoms with Gasteiger partial charge in [-0.2, -0.15) is 0 Å². The number of allylic oxidation sites excluding steroid dienone is 5. The number of alkyl halides is 1. The van der Waals surface area contributed by atoms with Crippen molar-refractivity contribution in [3.63, 3.8) is 0 Å². The molecule has 0 aliphatic carbocycles. The molecule has 0 spiro atoms. The number of carbonyl (C=O) groups is 1. The van der Waals surface area contributed by atoms with Crippen molar-refractivity contribution in [1.82, 2.24) is 4.90 Å². The van der Waals surface area contributed by atoms with Gasteiger partial charge in [-0.25, -0.2) is 4.39 Å². The number of halogens is 3. The molecule has 2 aromatic carbocycles. The highest BCUT2D eigenvalue weighted by molar-refractivity contribution is 7.27. The number of ether oxygens (including phenoxy) is 2. The molecule has 0 N–H and O–H groups in total. The maximum atomic E-state index is 14.3. The summed E-state index contributed by atoms with van der Waals surface area (Å²) in [5.41, 5.74) is 0.822. The lowest BCUT2D eigenvalue weighted by Gasteiger charge is -2.16. The van der Waals surface area contributed by atoms with Gasteiger partial charge >= 0.3 is 0 Å². The highest BCUT2D eigenvalue weighted by atomic mass is 35.5. The van der Waals surface area contributed by atoms with E-state index in [9.17, 15) is 9.18 Å². The number of amides is 1. The number of hydrogen-bond donors (Lipinski definition) is 0. The molecule has 2 unspecified atom stereocenters. The first-order valence-corrected chi connectivity index (χ1v) is 12.8. The normalized spacial score (nSPS) is 13.9. The molecule has 0 fully saturated rings. The summed E-state index contributed by atoms with van der Waals surface area (Å²) in [6.45, 7) is 10.0. The Morgan fingerprint density at radius 3 is 2.34 bits per heavy atom. The van der Waals surface area contributed by atoms with Crippen molar-refractivity contribution in [3.8, 4) is 11.5 Å². The third-order valence-corrected chi connectivity index (χ3v) is 5.37. The second-order valence-electron chi connectivity index (χ2n) is 7.08. The molecule has 1 amide bonds. The van der Waals surface area contributed by atoms with Crippen LogP contribution in [0.5, 0.6) is 11.5 Å². The van der Waals surface area contributed by atoms with Crippen molar-refractivity contribution in [2.75, 3.05) is 19.5 Å². The molecule has 1 aliphatic rings. The molecule has 1 heterocycles. The second kappa shape index (κ2) is 16.4. The Labute approximate surface area is 220 Å². The molecule has 0 saturated carbocycles. The fourth-order valence-electron chi connectivity index (χ4n) is 2.85. The van der Waals surface area contributed by atoms with Crippen molar-refractivity contribution < 1.29 is 18.7 Å². The van der Waals surface area contributed by atoms with Gasteiger partial charge in [-0.05, 0) is 23.9 Å². The molecule has 8 heteroatoms. The van der Waals surface area contributed by atoms with E-state index in [4.69, 9.17) is 32.7 Å². The first kappa shape index (κ1) is 30.7. The molecular weight excluding hydrogens is 507 g/mol.